The second kappa shape index (κ2) is 4.20. The zero-order valence-corrected chi connectivity index (χ0v) is 10.8. The molecule has 1 aliphatic heterocycles. The Bertz CT molecular complexity index is 487. The van der Waals surface area contributed by atoms with Gasteiger partial charge in [-0.25, -0.2) is 9.97 Å². The minimum Gasteiger partial charge on any atom is -0.391 e. The molecule has 2 heterocycles. The molecule has 1 unspecified atom stereocenters. The molecule has 3 N–H and O–H groups in total. The van der Waals surface area contributed by atoms with Crippen LogP contribution in [0.1, 0.15) is 36.5 Å². The summed E-state index contributed by atoms with van der Waals surface area (Å²) in [6, 6.07) is 0. The molecule has 18 heavy (non-hydrogen) atoms. The van der Waals surface area contributed by atoms with Crippen LogP contribution in [0.4, 0.5) is 5.82 Å². The number of aromatic nitrogens is 2. The van der Waals surface area contributed by atoms with E-state index >= 15 is 0 Å². The first-order valence-corrected chi connectivity index (χ1v) is 5.90. The first-order valence-electron chi connectivity index (χ1n) is 5.90. The molecule has 0 bridgehead atoms. The molecule has 0 radical (unpaired) electrons. The number of hydrogen-bond acceptors (Lipinski definition) is 5. The van der Waals surface area contributed by atoms with Gasteiger partial charge in [-0.05, 0) is 27.2 Å². The molecule has 1 atom stereocenters. The van der Waals surface area contributed by atoms with Crippen molar-refractivity contribution in [3.8, 4) is 0 Å². The number of likely N-dealkylation sites (tertiary alicyclic amines) is 1. The van der Waals surface area contributed by atoms with Gasteiger partial charge < -0.3 is 15.7 Å². The molecule has 1 aliphatic rings. The molecule has 1 fully saturated rings. The van der Waals surface area contributed by atoms with Crippen molar-refractivity contribution < 1.29 is 9.90 Å². The van der Waals surface area contributed by atoms with Crippen LogP contribution in [-0.2, 0) is 0 Å². The summed E-state index contributed by atoms with van der Waals surface area (Å²) in [6.45, 7) is 5.88. The van der Waals surface area contributed by atoms with E-state index in [0.29, 0.717) is 24.4 Å². The Morgan fingerprint density at radius 1 is 1.61 bits per heavy atom. The predicted octanol–water partition coefficient (Wildman–Crippen LogP) is 0.353. The van der Waals surface area contributed by atoms with Gasteiger partial charge in [-0.3, -0.25) is 4.79 Å². The van der Waals surface area contributed by atoms with Gasteiger partial charge in [-0.15, -0.1) is 0 Å². The third-order valence-corrected chi connectivity index (χ3v) is 3.27. The maximum atomic E-state index is 12.4. The minimum absolute atomic E-state index is 0.185. The molecular formula is C12H18N4O2. The maximum absolute atomic E-state index is 12.4. The number of hydrogen-bond donors (Lipinski definition) is 2. The zero-order valence-electron chi connectivity index (χ0n) is 10.8. The molecule has 1 aromatic rings. The Morgan fingerprint density at radius 2 is 2.28 bits per heavy atom. The highest BCUT2D eigenvalue weighted by Crippen LogP contribution is 2.30. The molecule has 98 valence electrons. The first-order chi connectivity index (χ1) is 8.31. The second-order valence-corrected chi connectivity index (χ2v) is 5.30. The van der Waals surface area contributed by atoms with Crippen molar-refractivity contribution in [3.63, 3.8) is 0 Å². The molecule has 0 aliphatic carbocycles. The summed E-state index contributed by atoms with van der Waals surface area (Å²) < 4.78 is 0. The fourth-order valence-electron chi connectivity index (χ4n) is 2.36. The summed E-state index contributed by atoms with van der Waals surface area (Å²) >= 11 is 0. The van der Waals surface area contributed by atoms with Crippen molar-refractivity contribution in [2.45, 2.75) is 38.8 Å². The quantitative estimate of drug-likeness (QED) is 0.750. The van der Waals surface area contributed by atoms with E-state index in [2.05, 4.69) is 9.97 Å². The van der Waals surface area contributed by atoms with E-state index in [1.807, 2.05) is 13.8 Å². The number of aliphatic hydroxyl groups is 1. The van der Waals surface area contributed by atoms with Gasteiger partial charge in [0, 0.05) is 18.3 Å². The summed E-state index contributed by atoms with van der Waals surface area (Å²) in [5.74, 6) is 0.489. The van der Waals surface area contributed by atoms with Crippen molar-refractivity contribution in [1.29, 1.82) is 0 Å². The SMILES string of the molecule is Cc1ncc(C(=O)N2CC(O)CC2(C)C)c(N)n1. The molecule has 6 nitrogen and oxygen atoms in total. The van der Waals surface area contributed by atoms with Crippen LogP contribution in [0.15, 0.2) is 6.20 Å². The topological polar surface area (TPSA) is 92.3 Å². The molecule has 2 rings (SSSR count). The Balaban J connectivity index is 2.32. The molecule has 1 saturated heterocycles. The molecule has 6 heteroatoms. The van der Waals surface area contributed by atoms with Gasteiger partial charge in [0.2, 0.25) is 0 Å². The molecule has 0 aromatic carbocycles. The lowest BCUT2D eigenvalue weighted by atomic mass is 10.0. The van der Waals surface area contributed by atoms with E-state index in [-0.39, 0.29) is 17.3 Å². The number of nitrogens with zero attached hydrogens (tertiary/aromatic N) is 3. The number of β-amino-alcohol motifs (C(OH)–C–C–N with tert-alkyl or cyclic N) is 1. The Labute approximate surface area is 106 Å². The van der Waals surface area contributed by atoms with Crippen LogP contribution in [0.25, 0.3) is 0 Å². The van der Waals surface area contributed by atoms with Gasteiger partial charge in [-0.2, -0.15) is 0 Å². The van der Waals surface area contributed by atoms with Gasteiger partial charge in [-0.1, -0.05) is 0 Å². The standard InChI is InChI=1S/C12H18N4O2/c1-7-14-5-9(10(13)15-7)11(18)16-6-8(17)4-12(16,2)3/h5,8,17H,4,6H2,1-3H3,(H2,13,14,15). The lowest BCUT2D eigenvalue weighted by molar-refractivity contribution is 0.0641. The molecule has 1 aromatic heterocycles. The maximum Gasteiger partial charge on any atom is 0.259 e. The minimum atomic E-state index is -0.489. The highest BCUT2D eigenvalue weighted by atomic mass is 16.3. The van der Waals surface area contributed by atoms with E-state index < -0.39 is 6.10 Å². The third kappa shape index (κ3) is 2.15. The Morgan fingerprint density at radius 3 is 2.78 bits per heavy atom. The fraction of sp³-hybridized carbons (Fsp3) is 0.583. The largest absolute Gasteiger partial charge is 0.391 e. The molecule has 0 saturated carbocycles. The van der Waals surface area contributed by atoms with Crippen LogP contribution < -0.4 is 5.73 Å². The van der Waals surface area contributed by atoms with Crippen LogP contribution in [-0.4, -0.2) is 44.1 Å². The van der Waals surface area contributed by atoms with Crippen LogP contribution in [0.3, 0.4) is 0 Å². The highest BCUT2D eigenvalue weighted by molar-refractivity contribution is 5.98. The molecular weight excluding hydrogens is 232 g/mol. The fourth-order valence-corrected chi connectivity index (χ4v) is 2.36. The van der Waals surface area contributed by atoms with Gasteiger partial charge in [0.05, 0.1) is 6.10 Å². The number of carbonyl (C=O) groups is 1. The summed E-state index contributed by atoms with van der Waals surface area (Å²) in [6.07, 6.45) is 1.52. The van der Waals surface area contributed by atoms with Crippen LogP contribution in [0.2, 0.25) is 0 Å². The number of amides is 1. The second-order valence-electron chi connectivity index (χ2n) is 5.30. The van der Waals surface area contributed by atoms with Gasteiger partial charge in [0.25, 0.3) is 5.91 Å². The normalized spacial score (nSPS) is 22.2. The Kier molecular flexibility index (Phi) is 2.98. The average molecular weight is 250 g/mol. The van der Waals surface area contributed by atoms with E-state index in [4.69, 9.17) is 5.73 Å². The van der Waals surface area contributed by atoms with E-state index in [1.165, 1.54) is 6.20 Å². The Hall–Kier alpha value is -1.69. The van der Waals surface area contributed by atoms with Gasteiger partial charge in [0.1, 0.15) is 17.2 Å². The van der Waals surface area contributed by atoms with E-state index in [1.54, 1.807) is 11.8 Å². The van der Waals surface area contributed by atoms with Crippen LogP contribution >= 0.6 is 0 Å². The van der Waals surface area contributed by atoms with Crippen molar-refractivity contribution in [1.82, 2.24) is 14.9 Å². The van der Waals surface area contributed by atoms with Crippen molar-refractivity contribution in [2.75, 3.05) is 12.3 Å². The number of aryl methyl sites for hydroxylation is 1. The lowest BCUT2D eigenvalue weighted by Crippen LogP contribution is -2.43. The highest BCUT2D eigenvalue weighted by Gasteiger charge is 2.41. The zero-order chi connectivity index (χ0) is 13.5. The number of nitrogens with two attached hydrogens (primary N) is 1. The van der Waals surface area contributed by atoms with Crippen molar-refractivity contribution >= 4 is 11.7 Å². The number of carbonyl (C=O) groups excluding carboxylic acids is 1. The molecule has 0 spiro atoms. The van der Waals surface area contributed by atoms with E-state index in [9.17, 15) is 9.90 Å². The van der Waals surface area contributed by atoms with Gasteiger partial charge in [0.15, 0.2) is 0 Å². The summed E-state index contributed by atoms with van der Waals surface area (Å²) in [5.41, 5.74) is 5.67. The third-order valence-electron chi connectivity index (χ3n) is 3.27. The summed E-state index contributed by atoms with van der Waals surface area (Å²) in [7, 11) is 0. The first kappa shape index (κ1) is 12.8. The number of aliphatic hydroxyl groups excluding tert-OH is 1. The van der Waals surface area contributed by atoms with Crippen LogP contribution in [0, 0.1) is 6.92 Å². The smallest absolute Gasteiger partial charge is 0.259 e. The average Bonchev–Trinajstić information content (AvgIpc) is 2.51. The van der Waals surface area contributed by atoms with Gasteiger partial charge >= 0.3 is 0 Å². The predicted molar refractivity (Wildman–Crippen MR) is 66.9 cm³/mol. The molecule has 1 amide bonds. The van der Waals surface area contributed by atoms with Crippen LogP contribution in [0.5, 0.6) is 0 Å². The van der Waals surface area contributed by atoms with Crippen molar-refractivity contribution in [3.05, 3.63) is 17.6 Å². The monoisotopic (exact) mass is 250 g/mol. The lowest BCUT2D eigenvalue weighted by Gasteiger charge is -2.31. The number of anilines is 1. The number of nitrogen functional groups attached to an aromatic ring is 1. The summed E-state index contributed by atoms with van der Waals surface area (Å²) in [4.78, 5) is 22.0. The summed E-state index contributed by atoms with van der Waals surface area (Å²) in [5, 5.41) is 9.69. The van der Waals surface area contributed by atoms with Crippen molar-refractivity contribution in [2.24, 2.45) is 0 Å². The van der Waals surface area contributed by atoms with E-state index in [0.717, 1.165) is 0 Å². The number of rotatable bonds is 1.